The topological polar surface area (TPSA) is 76.4 Å². The van der Waals surface area contributed by atoms with Crippen molar-refractivity contribution in [1.82, 2.24) is 10.2 Å². The van der Waals surface area contributed by atoms with Gasteiger partial charge in [0, 0.05) is 11.6 Å². The highest BCUT2D eigenvalue weighted by atomic mass is 16.3. The third-order valence-electron chi connectivity index (χ3n) is 5.57. The third kappa shape index (κ3) is 2.13. The molecule has 0 spiro atoms. The Kier molecular flexibility index (Phi) is 3.32. The van der Waals surface area contributed by atoms with Crippen molar-refractivity contribution in [2.45, 2.75) is 56.5 Å². The number of carbonyl (C=O) groups excluding carboxylic acids is 1. The van der Waals surface area contributed by atoms with Crippen LogP contribution in [0.4, 0.5) is 0 Å². The lowest BCUT2D eigenvalue weighted by Crippen LogP contribution is -2.47. The quantitative estimate of drug-likeness (QED) is 0.803. The summed E-state index contributed by atoms with van der Waals surface area (Å²) in [6.07, 6.45) is 7.31. The Balaban J connectivity index is 1.75. The molecule has 4 rings (SSSR count). The molecule has 1 atom stereocenters. The fraction of sp³-hybridized carbons (Fsp3) is 0.556. The van der Waals surface area contributed by atoms with Gasteiger partial charge in [-0.25, -0.2) is 0 Å². The second-order valence-corrected chi connectivity index (χ2v) is 7.04. The molecule has 1 aliphatic heterocycles. The number of nitrogens with one attached hydrogen (secondary N) is 2. The molecule has 1 amide bonds. The molecule has 122 valence electrons. The number of nitrogens with zero attached hydrogens (tertiary/aromatic N) is 1. The molecule has 5 nitrogen and oxygen atoms in total. The Labute approximate surface area is 136 Å². The number of aromatic hydroxyl groups is 1. The van der Waals surface area contributed by atoms with Crippen LogP contribution < -0.4 is 5.32 Å². The van der Waals surface area contributed by atoms with E-state index in [1.807, 2.05) is 12.1 Å². The molecule has 23 heavy (non-hydrogen) atoms. The van der Waals surface area contributed by atoms with Gasteiger partial charge in [-0.2, -0.15) is 0 Å². The zero-order valence-electron chi connectivity index (χ0n) is 13.2. The van der Waals surface area contributed by atoms with E-state index in [2.05, 4.69) is 5.32 Å². The highest BCUT2D eigenvalue weighted by Gasteiger charge is 2.60. The molecule has 1 unspecified atom stereocenters. The van der Waals surface area contributed by atoms with Gasteiger partial charge < -0.3 is 10.4 Å². The average molecular weight is 313 g/mol. The molecule has 1 saturated heterocycles. The molecule has 5 heteroatoms. The summed E-state index contributed by atoms with van der Waals surface area (Å²) in [7, 11) is 0. The largest absolute Gasteiger partial charge is 0.508 e. The molecule has 2 aliphatic carbocycles. The molecule has 2 saturated carbocycles. The van der Waals surface area contributed by atoms with Crippen LogP contribution in [0.25, 0.3) is 0 Å². The summed E-state index contributed by atoms with van der Waals surface area (Å²) in [6, 6.07) is 7.18. The number of carbonyl (C=O) groups is 1. The second kappa shape index (κ2) is 5.25. The molecule has 1 heterocycles. The van der Waals surface area contributed by atoms with Gasteiger partial charge in [-0.15, -0.1) is 0 Å². The predicted molar refractivity (Wildman–Crippen MR) is 87.1 cm³/mol. The fourth-order valence-electron chi connectivity index (χ4n) is 4.28. The lowest BCUT2D eigenvalue weighted by Gasteiger charge is -2.32. The molecule has 0 radical (unpaired) electrons. The van der Waals surface area contributed by atoms with Gasteiger partial charge in [0.2, 0.25) is 0 Å². The number of phenols is 1. The normalized spacial score (nSPS) is 29.0. The number of hydrogen-bond donors (Lipinski definition) is 3. The summed E-state index contributed by atoms with van der Waals surface area (Å²) in [5.74, 6) is 0.464. The van der Waals surface area contributed by atoms with Crippen molar-refractivity contribution in [2.24, 2.45) is 5.92 Å². The van der Waals surface area contributed by atoms with Crippen LogP contribution in [0.15, 0.2) is 24.3 Å². The van der Waals surface area contributed by atoms with Crippen LogP contribution in [0, 0.1) is 11.3 Å². The Morgan fingerprint density at radius 3 is 2.48 bits per heavy atom. The van der Waals surface area contributed by atoms with Crippen molar-refractivity contribution in [3.63, 3.8) is 0 Å². The first-order chi connectivity index (χ1) is 11.1. The van der Waals surface area contributed by atoms with E-state index in [-0.39, 0.29) is 29.6 Å². The molecular weight excluding hydrogens is 290 g/mol. The molecule has 3 fully saturated rings. The van der Waals surface area contributed by atoms with Crippen LogP contribution in [0.2, 0.25) is 0 Å². The maximum Gasteiger partial charge on any atom is 0.260 e. The maximum absolute atomic E-state index is 13.4. The van der Waals surface area contributed by atoms with Crippen LogP contribution in [0.5, 0.6) is 5.75 Å². The summed E-state index contributed by atoms with van der Waals surface area (Å²) >= 11 is 0. The monoisotopic (exact) mass is 313 g/mol. The van der Waals surface area contributed by atoms with Crippen LogP contribution in [-0.4, -0.2) is 27.9 Å². The van der Waals surface area contributed by atoms with Crippen molar-refractivity contribution < 1.29 is 9.90 Å². The minimum atomic E-state index is -0.945. The highest BCUT2D eigenvalue weighted by Crippen LogP contribution is 2.51. The Hall–Kier alpha value is -2.04. The summed E-state index contributed by atoms with van der Waals surface area (Å²) in [5, 5.41) is 21.9. The van der Waals surface area contributed by atoms with Crippen LogP contribution in [0.1, 0.15) is 50.5 Å². The van der Waals surface area contributed by atoms with Crippen molar-refractivity contribution in [3.8, 4) is 5.75 Å². The minimum Gasteiger partial charge on any atom is -0.508 e. The smallest absolute Gasteiger partial charge is 0.260 e. The number of hydrogen-bond acceptors (Lipinski definition) is 3. The summed E-state index contributed by atoms with van der Waals surface area (Å²) in [4.78, 5) is 15.1. The second-order valence-electron chi connectivity index (χ2n) is 7.04. The molecule has 0 bridgehead atoms. The van der Waals surface area contributed by atoms with Crippen molar-refractivity contribution >= 4 is 11.9 Å². The number of phenolic OH excluding ortho intramolecular Hbond substituents is 1. The molecule has 3 N–H and O–H groups in total. The Morgan fingerprint density at radius 2 is 1.83 bits per heavy atom. The molecule has 1 aromatic carbocycles. The van der Waals surface area contributed by atoms with E-state index in [1.54, 1.807) is 17.0 Å². The van der Waals surface area contributed by atoms with E-state index in [0.29, 0.717) is 5.56 Å². The van der Waals surface area contributed by atoms with Crippen LogP contribution >= 0.6 is 0 Å². The van der Waals surface area contributed by atoms with Gasteiger partial charge in [0.15, 0.2) is 11.5 Å². The van der Waals surface area contributed by atoms with E-state index in [4.69, 9.17) is 5.41 Å². The van der Waals surface area contributed by atoms with E-state index in [9.17, 15) is 9.90 Å². The standard InChI is InChI=1S/C18H23N3O2/c19-17-20-18(12-10-11-12,14-8-4-5-9-15(14)22)16(23)21(17)13-6-2-1-3-7-13/h4-5,8-9,12-13,22H,1-3,6-7,10-11H2,(H2,19,20). The van der Waals surface area contributed by atoms with Gasteiger partial charge >= 0.3 is 0 Å². The Morgan fingerprint density at radius 1 is 1.13 bits per heavy atom. The lowest BCUT2D eigenvalue weighted by molar-refractivity contribution is -0.134. The van der Waals surface area contributed by atoms with Crippen LogP contribution in [-0.2, 0) is 10.3 Å². The first kappa shape index (κ1) is 14.5. The van der Waals surface area contributed by atoms with Gasteiger partial charge in [0.1, 0.15) is 5.75 Å². The summed E-state index contributed by atoms with van der Waals surface area (Å²) < 4.78 is 0. The average Bonchev–Trinajstić information content (AvgIpc) is 3.36. The van der Waals surface area contributed by atoms with Gasteiger partial charge in [-0.1, -0.05) is 37.5 Å². The highest BCUT2D eigenvalue weighted by molar-refractivity contribution is 6.09. The number of amides is 1. The van der Waals surface area contributed by atoms with Gasteiger partial charge in [-0.3, -0.25) is 15.1 Å². The van der Waals surface area contributed by atoms with E-state index >= 15 is 0 Å². The first-order valence-corrected chi connectivity index (χ1v) is 8.63. The fourth-order valence-corrected chi connectivity index (χ4v) is 4.28. The SMILES string of the molecule is N=C1NC(c2ccccc2O)(C2CC2)C(=O)N1C1CCCCC1. The zero-order valence-corrected chi connectivity index (χ0v) is 13.2. The maximum atomic E-state index is 13.4. The van der Waals surface area contributed by atoms with Crippen molar-refractivity contribution in [2.75, 3.05) is 0 Å². The molecule has 1 aromatic rings. The molecule has 3 aliphatic rings. The number of rotatable bonds is 3. The third-order valence-corrected chi connectivity index (χ3v) is 5.57. The zero-order chi connectivity index (χ0) is 16.0. The molecular formula is C18H23N3O2. The minimum absolute atomic E-state index is 0.0431. The van der Waals surface area contributed by atoms with Gasteiger partial charge in [0.05, 0.1) is 0 Å². The van der Waals surface area contributed by atoms with E-state index in [1.165, 1.54) is 6.42 Å². The van der Waals surface area contributed by atoms with Gasteiger partial charge in [0.25, 0.3) is 5.91 Å². The van der Waals surface area contributed by atoms with Crippen molar-refractivity contribution in [1.29, 1.82) is 5.41 Å². The van der Waals surface area contributed by atoms with E-state index < -0.39 is 5.54 Å². The number of guanidine groups is 1. The van der Waals surface area contributed by atoms with Gasteiger partial charge in [-0.05, 0) is 37.7 Å². The van der Waals surface area contributed by atoms with Crippen molar-refractivity contribution in [3.05, 3.63) is 29.8 Å². The van der Waals surface area contributed by atoms with Crippen LogP contribution in [0.3, 0.4) is 0 Å². The summed E-state index contributed by atoms with van der Waals surface area (Å²) in [5.41, 5.74) is -0.324. The molecule has 0 aromatic heterocycles. The Bertz CT molecular complexity index is 649. The lowest BCUT2D eigenvalue weighted by atomic mass is 9.83. The van der Waals surface area contributed by atoms with E-state index in [0.717, 1.165) is 38.5 Å². The number of para-hydroxylation sites is 1. The first-order valence-electron chi connectivity index (χ1n) is 8.63. The summed E-state index contributed by atoms with van der Waals surface area (Å²) in [6.45, 7) is 0. The predicted octanol–water partition coefficient (Wildman–Crippen LogP) is 2.70. The number of benzene rings is 1.